The molecular weight excluding hydrogens is 429 g/mol. The third kappa shape index (κ3) is 3.13. The summed E-state index contributed by atoms with van der Waals surface area (Å²) in [7, 11) is 0. The zero-order chi connectivity index (χ0) is 14.0. The Hall–Kier alpha value is -0.570. The molecule has 0 bridgehead atoms. The summed E-state index contributed by atoms with van der Waals surface area (Å²) in [6.07, 6.45) is 0. The number of hydrogen-bond donors (Lipinski definition) is 2. The summed E-state index contributed by atoms with van der Waals surface area (Å²) in [5.41, 5.74) is 3.06. The fourth-order valence-electron chi connectivity index (χ4n) is 1.85. The Balaban J connectivity index is 2.59. The molecule has 0 fully saturated rings. The fourth-order valence-corrected chi connectivity index (χ4v) is 2.84. The lowest BCUT2D eigenvalue weighted by molar-refractivity contribution is 0.510. The van der Waals surface area contributed by atoms with Crippen LogP contribution in [-0.4, -0.2) is 0 Å². The molecule has 0 saturated carbocycles. The van der Waals surface area contributed by atoms with Crippen molar-refractivity contribution in [1.29, 1.82) is 0 Å². The Morgan fingerprint density at radius 1 is 1.16 bits per heavy atom. The van der Waals surface area contributed by atoms with Gasteiger partial charge in [-0.2, -0.15) is 0 Å². The van der Waals surface area contributed by atoms with E-state index in [0.717, 1.165) is 8.04 Å². The van der Waals surface area contributed by atoms with Gasteiger partial charge < -0.3 is 0 Å². The molecular formula is C13H10BrF2IN2. The maximum absolute atomic E-state index is 13.9. The molecule has 2 nitrogen and oxygen atoms in total. The fraction of sp³-hybridized carbons (Fsp3) is 0.0769. The quantitative estimate of drug-likeness (QED) is 0.433. The molecule has 2 aromatic carbocycles. The largest absolute Gasteiger partial charge is 0.271 e. The van der Waals surface area contributed by atoms with E-state index in [1.165, 1.54) is 18.2 Å². The highest BCUT2D eigenvalue weighted by Gasteiger charge is 2.22. The Morgan fingerprint density at radius 3 is 2.37 bits per heavy atom. The summed E-state index contributed by atoms with van der Waals surface area (Å²) < 4.78 is 29.4. The van der Waals surface area contributed by atoms with E-state index < -0.39 is 17.7 Å². The predicted molar refractivity (Wildman–Crippen MR) is 82.4 cm³/mol. The number of nitrogens with one attached hydrogen (secondary N) is 1. The van der Waals surface area contributed by atoms with Gasteiger partial charge in [0.2, 0.25) is 0 Å². The minimum Gasteiger partial charge on any atom is -0.271 e. The van der Waals surface area contributed by atoms with E-state index in [1.54, 1.807) is 0 Å². The van der Waals surface area contributed by atoms with Gasteiger partial charge in [-0.1, -0.05) is 22.0 Å². The molecule has 100 valence electrons. The van der Waals surface area contributed by atoms with Crippen LogP contribution in [-0.2, 0) is 0 Å². The van der Waals surface area contributed by atoms with Gasteiger partial charge in [-0.25, -0.2) is 14.2 Å². The SMILES string of the molecule is NNC(c1cc(I)ccc1Br)c1c(F)cccc1F. The van der Waals surface area contributed by atoms with Crippen molar-refractivity contribution in [2.75, 3.05) is 0 Å². The maximum atomic E-state index is 13.9. The van der Waals surface area contributed by atoms with E-state index in [0.29, 0.717) is 5.56 Å². The van der Waals surface area contributed by atoms with Crippen molar-refractivity contribution in [3.05, 3.63) is 67.2 Å². The molecule has 0 aliphatic carbocycles. The summed E-state index contributed by atoms with van der Waals surface area (Å²) in [4.78, 5) is 0. The third-order valence-corrected chi connectivity index (χ3v) is 4.12. The van der Waals surface area contributed by atoms with Gasteiger partial charge in [-0.15, -0.1) is 0 Å². The van der Waals surface area contributed by atoms with Crippen LogP contribution < -0.4 is 11.3 Å². The van der Waals surface area contributed by atoms with Crippen molar-refractivity contribution >= 4 is 38.5 Å². The highest BCUT2D eigenvalue weighted by molar-refractivity contribution is 14.1. The summed E-state index contributed by atoms with van der Waals surface area (Å²) in [5, 5.41) is 0. The van der Waals surface area contributed by atoms with E-state index in [4.69, 9.17) is 5.84 Å². The van der Waals surface area contributed by atoms with E-state index >= 15 is 0 Å². The molecule has 2 rings (SSSR count). The van der Waals surface area contributed by atoms with Crippen molar-refractivity contribution in [3.8, 4) is 0 Å². The van der Waals surface area contributed by atoms with Crippen LogP contribution >= 0.6 is 38.5 Å². The normalized spacial score (nSPS) is 12.5. The number of rotatable bonds is 3. The highest BCUT2D eigenvalue weighted by atomic mass is 127. The van der Waals surface area contributed by atoms with Crippen LogP contribution in [0.4, 0.5) is 8.78 Å². The average molecular weight is 439 g/mol. The first-order valence-electron chi connectivity index (χ1n) is 5.39. The highest BCUT2D eigenvalue weighted by Crippen LogP contribution is 2.32. The lowest BCUT2D eigenvalue weighted by Gasteiger charge is -2.20. The van der Waals surface area contributed by atoms with Gasteiger partial charge in [0.15, 0.2) is 0 Å². The third-order valence-electron chi connectivity index (χ3n) is 2.72. The number of nitrogens with two attached hydrogens (primary N) is 1. The van der Waals surface area contributed by atoms with Crippen molar-refractivity contribution < 1.29 is 8.78 Å². The molecule has 0 spiro atoms. The van der Waals surface area contributed by atoms with Crippen LogP contribution in [0.1, 0.15) is 17.2 Å². The van der Waals surface area contributed by atoms with Gasteiger partial charge in [0, 0.05) is 13.6 Å². The van der Waals surface area contributed by atoms with Crippen LogP contribution in [0, 0.1) is 15.2 Å². The summed E-state index contributed by atoms with van der Waals surface area (Å²) >= 11 is 5.51. The minimum absolute atomic E-state index is 0.0901. The minimum atomic E-state index is -0.759. The predicted octanol–water partition coefficient (Wildman–Crippen LogP) is 3.88. The second-order valence-corrected chi connectivity index (χ2v) is 6.00. The van der Waals surface area contributed by atoms with Gasteiger partial charge in [-0.05, 0) is 58.5 Å². The molecule has 0 radical (unpaired) electrons. The number of halogens is 4. The Labute approximate surface area is 131 Å². The van der Waals surface area contributed by atoms with Crippen LogP contribution in [0.2, 0.25) is 0 Å². The maximum Gasteiger partial charge on any atom is 0.131 e. The second kappa shape index (κ2) is 6.25. The lowest BCUT2D eigenvalue weighted by Crippen LogP contribution is -2.30. The zero-order valence-electron chi connectivity index (χ0n) is 9.63. The first-order chi connectivity index (χ1) is 9.04. The molecule has 0 aromatic heterocycles. The van der Waals surface area contributed by atoms with Gasteiger partial charge in [0.1, 0.15) is 11.6 Å². The van der Waals surface area contributed by atoms with E-state index in [-0.39, 0.29) is 5.56 Å². The summed E-state index contributed by atoms with van der Waals surface area (Å²) in [6, 6.07) is 8.52. The standard InChI is InChI=1S/C13H10BrF2IN2/c14-9-5-4-7(17)6-8(9)13(19-18)12-10(15)2-1-3-11(12)16/h1-6,13,19H,18H2. The monoisotopic (exact) mass is 438 g/mol. The van der Waals surface area contributed by atoms with E-state index in [9.17, 15) is 8.78 Å². The second-order valence-electron chi connectivity index (χ2n) is 3.90. The van der Waals surface area contributed by atoms with E-state index in [2.05, 4.69) is 43.9 Å². The molecule has 0 aliphatic rings. The molecule has 0 amide bonds. The lowest BCUT2D eigenvalue weighted by atomic mass is 9.98. The summed E-state index contributed by atoms with van der Waals surface area (Å²) in [5.74, 6) is 4.23. The Bertz CT molecular complexity index is 587. The topological polar surface area (TPSA) is 38.0 Å². The molecule has 0 heterocycles. The van der Waals surface area contributed by atoms with Crippen LogP contribution in [0.3, 0.4) is 0 Å². The van der Waals surface area contributed by atoms with Crippen molar-refractivity contribution in [2.24, 2.45) is 5.84 Å². The van der Waals surface area contributed by atoms with Gasteiger partial charge in [0.25, 0.3) is 0 Å². The van der Waals surface area contributed by atoms with Crippen LogP contribution in [0.25, 0.3) is 0 Å². The van der Waals surface area contributed by atoms with Crippen LogP contribution in [0.15, 0.2) is 40.9 Å². The molecule has 0 saturated heterocycles. The zero-order valence-corrected chi connectivity index (χ0v) is 13.4. The first-order valence-corrected chi connectivity index (χ1v) is 7.26. The molecule has 0 aliphatic heterocycles. The van der Waals surface area contributed by atoms with Gasteiger partial charge in [0.05, 0.1) is 6.04 Å². The van der Waals surface area contributed by atoms with Crippen molar-refractivity contribution in [2.45, 2.75) is 6.04 Å². The molecule has 6 heteroatoms. The van der Waals surface area contributed by atoms with Crippen LogP contribution in [0.5, 0.6) is 0 Å². The average Bonchev–Trinajstić information content (AvgIpc) is 2.37. The van der Waals surface area contributed by atoms with Gasteiger partial charge >= 0.3 is 0 Å². The number of hydrogen-bond acceptors (Lipinski definition) is 2. The molecule has 19 heavy (non-hydrogen) atoms. The molecule has 1 atom stereocenters. The summed E-state index contributed by atoms with van der Waals surface area (Å²) in [6.45, 7) is 0. The van der Waals surface area contributed by atoms with Gasteiger partial charge in [-0.3, -0.25) is 5.84 Å². The smallest absolute Gasteiger partial charge is 0.131 e. The molecule has 1 unspecified atom stereocenters. The van der Waals surface area contributed by atoms with E-state index in [1.807, 2.05) is 18.2 Å². The Kier molecular flexibility index (Phi) is 4.88. The molecule has 3 N–H and O–H groups in total. The molecule has 2 aromatic rings. The Morgan fingerprint density at radius 2 is 1.79 bits per heavy atom. The number of benzene rings is 2. The van der Waals surface area contributed by atoms with Crippen molar-refractivity contribution in [3.63, 3.8) is 0 Å². The number of hydrazine groups is 1. The first kappa shape index (κ1) is 14.8. The van der Waals surface area contributed by atoms with Crippen molar-refractivity contribution in [1.82, 2.24) is 5.43 Å².